The molecule has 2 nitrogen and oxygen atoms in total. The quantitative estimate of drug-likeness (QED) is 0.919. The molecule has 16 heavy (non-hydrogen) atoms. The number of ether oxygens (including phenoxy) is 1. The highest BCUT2D eigenvalue weighted by Crippen LogP contribution is 2.23. The monoisotopic (exact) mass is 283 g/mol. The van der Waals surface area contributed by atoms with Crippen LogP contribution >= 0.6 is 15.9 Å². The van der Waals surface area contributed by atoms with Crippen LogP contribution in [0.15, 0.2) is 28.7 Å². The van der Waals surface area contributed by atoms with E-state index in [4.69, 9.17) is 4.74 Å². The fraction of sp³-hybridized carbons (Fsp3) is 0.538. The summed E-state index contributed by atoms with van der Waals surface area (Å²) in [4.78, 5) is 0. The van der Waals surface area contributed by atoms with Gasteiger partial charge < -0.3 is 10.1 Å². The molecular weight excluding hydrogens is 266 g/mol. The third-order valence-electron chi connectivity index (χ3n) is 3.02. The van der Waals surface area contributed by atoms with E-state index in [9.17, 15) is 0 Å². The van der Waals surface area contributed by atoms with Crippen molar-refractivity contribution in [3.63, 3.8) is 0 Å². The van der Waals surface area contributed by atoms with Gasteiger partial charge in [-0.1, -0.05) is 34.1 Å². The van der Waals surface area contributed by atoms with Gasteiger partial charge in [-0.3, -0.25) is 0 Å². The molecule has 1 aromatic carbocycles. The molecule has 2 rings (SSSR count). The molecule has 0 aliphatic carbocycles. The van der Waals surface area contributed by atoms with Gasteiger partial charge in [0.15, 0.2) is 0 Å². The molecule has 0 radical (unpaired) electrons. The molecule has 0 saturated carbocycles. The van der Waals surface area contributed by atoms with Crippen LogP contribution in [0.4, 0.5) is 0 Å². The van der Waals surface area contributed by atoms with E-state index < -0.39 is 0 Å². The summed E-state index contributed by atoms with van der Waals surface area (Å²) in [5, 5.41) is 3.62. The zero-order chi connectivity index (χ0) is 11.4. The molecule has 1 aromatic rings. The third kappa shape index (κ3) is 3.06. The largest absolute Gasteiger partial charge is 0.380 e. The molecule has 3 heteroatoms. The summed E-state index contributed by atoms with van der Waals surface area (Å²) in [5.74, 6) is 0. The highest BCUT2D eigenvalue weighted by molar-refractivity contribution is 9.10. The Morgan fingerprint density at radius 2 is 2.25 bits per heavy atom. The van der Waals surface area contributed by atoms with E-state index in [1.807, 2.05) is 6.07 Å². The second kappa shape index (κ2) is 5.80. The van der Waals surface area contributed by atoms with E-state index in [-0.39, 0.29) is 0 Å². The summed E-state index contributed by atoms with van der Waals surface area (Å²) >= 11 is 3.59. The number of hydrogen-bond acceptors (Lipinski definition) is 2. The van der Waals surface area contributed by atoms with Crippen LogP contribution in [0.5, 0.6) is 0 Å². The van der Waals surface area contributed by atoms with Gasteiger partial charge in [-0.2, -0.15) is 0 Å². The van der Waals surface area contributed by atoms with Gasteiger partial charge in [-0.15, -0.1) is 0 Å². The summed E-state index contributed by atoms with van der Waals surface area (Å²) in [6, 6.07) is 9.23. The summed E-state index contributed by atoms with van der Waals surface area (Å²) < 4.78 is 6.65. The first-order valence-corrected chi connectivity index (χ1v) is 6.65. The lowest BCUT2D eigenvalue weighted by Gasteiger charge is -2.27. The minimum Gasteiger partial charge on any atom is -0.380 e. The Morgan fingerprint density at radius 1 is 1.44 bits per heavy atom. The molecule has 0 amide bonds. The van der Waals surface area contributed by atoms with E-state index in [0.29, 0.717) is 12.1 Å². The lowest BCUT2D eigenvalue weighted by molar-refractivity contribution is 0.0670. The standard InChI is InChI=1S/C13H18BrNO/c1-10(12-6-2-3-7-13(12)14)15-11-5-4-8-16-9-11/h2-3,6-7,10-11,15H,4-5,8-9H2,1H3/t10-,11?/m0/s1. The topological polar surface area (TPSA) is 21.3 Å². The minimum absolute atomic E-state index is 0.363. The van der Waals surface area contributed by atoms with Gasteiger partial charge in [0.1, 0.15) is 0 Å². The highest BCUT2D eigenvalue weighted by atomic mass is 79.9. The molecule has 1 unspecified atom stereocenters. The maximum absolute atomic E-state index is 5.47. The molecule has 1 saturated heterocycles. The van der Waals surface area contributed by atoms with E-state index in [2.05, 4.69) is 46.4 Å². The molecule has 1 fully saturated rings. The van der Waals surface area contributed by atoms with Gasteiger partial charge in [0.05, 0.1) is 6.61 Å². The number of rotatable bonds is 3. The Hall–Kier alpha value is -0.380. The molecule has 1 N–H and O–H groups in total. The van der Waals surface area contributed by atoms with E-state index >= 15 is 0 Å². The molecule has 1 aliphatic rings. The van der Waals surface area contributed by atoms with Crippen LogP contribution in [0.2, 0.25) is 0 Å². The van der Waals surface area contributed by atoms with E-state index in [1.54, 1.807) is 0 Å². The fourth-order valence-electron chi connectivity index (χ4n) is 2.14. The molecule has 2 atom stereocenters. The van der Waals surface area contributed by atoms with Gasteiger partial charge in [0, 0.05) is 23.2 Å². The van der Waals surface area contributed by atoms with Crippen LogP contribution in [0.3, 0.4) is 0 Å². The molecular formula is C13H18BrNO. The van der Waals surface area contributed by atoms with Gasteiger partial charge in [-0.25, -0.2) is 0 Å². The predicted octanol–water partition coefficient (Wildman–Crippen LogP) is 3.28. The average Bonchev–Trinajstić information content (AvgIpc) is 2.31. The Kier molecular flexibility index (Phi) is 4.38. The van der Waals surface area contributed by atoms with Gasteiger partial charge >= 0.3 is 0 Å². The zero-order valence-electron chi connectivity index (χ0n) is 9.58. The van der Waals surface area contributed by atoms with Gasteiger partial charge in [0.25, 0.3) is 0 Å². The average molecular weight is 284 g/mol. The fourth-order valence-corrected chi connectivity index (χ4v) is 2.77. The van der Waals surface area contributed by atoms with Gasteiger partial charge in [-0.05, 0) is 31.4 Å². The predicted molar refractivity (Wildman–Crippen MR) is 69.5 cm³/mol. The summed E-state index contributed by atoms with van der Waals surface area (Å²) in [5.41, 5.74) is 1.31. The SMILES string of the molecule is C[C@H](NC1CCCOC1)c1ccccc1Br. The van der Waals surface area contributed by atoms with Crippen molar-refractivity contribution < 1.29 is 4.74 Å². The van der Waals surface area contributed by atoms with Crippen LogP contribution in [-0.4, -0.2) is 19.3 Å². The van der Waals surface area contributed by atoms with Crippen LogP contribution in [0.1, 0.15) is 31.4 Å². The Balaban J connectivity index is 1.96. The third-order valence-corrected chi connectivity index (χ3v) is 3.74. The second-order valence-electron chi connectivity index (χ2n) is 4.32. The van der Waals surface area contributed by atoms with Crippen molar-refractivity contribution in [2.75, 3.05) is 13.2 Å². The lowest BCUT2D eigenvalue weighted by atomic mass is 10.1. The van der Waals surface area contributed by atoms with Crippen LogP contribution in [-0.2, 0) is 4.74 Å². The van der Waals surface area contributed by atoms with Crippen molar-refractivity contribution in [2.24, 2.45) is 0 Å². The summed E-state index contributed by atoms with van der Waals surface area (Å²) in [7, 11) is 0. The zero-order valence-corrected chi connectivity index (χ0v) is 11.2. The maximum atomic E-state index is 5.47. The first-order chi connectivity index (χ1) is 7.77. The van der Waals surface area contributed by atoms with Crippen molar-refractivity contribution in [1.29, 1.82) is 0 Å². The molecule has 88 valence electrons. The minimum atomic E-state index is 0.363. The van der Waals surface area contributed by atoms with E-state index in [0.717, 1.165) is 13.2 Å². The van der Waals surface area contributed by atoms with Crippen LogP contribution in [0, 0.1) is 0 Å². The highest BCUT2D eigenvalue weighted by Gasteiger charge is 2.17. The van der Waals surface area contributed by atoms with Gasteiger partial charge in [0.2, 0.25) is 0 Å². The number of halogens is 1. The molecule has 0 spiro atoms. The summed E-state index contributed by atoms with van der Waals surface area (Å²) in [6.07, 6.45) is 2.38. The lowest BCUT2D eigenvalue weighted by Crippen LogP contribution is -2.38. The number of benzene rings is 1. The van der Waals surface area contributed by atoms with E-state index in [1.165, 1.54) is 22.9 Å². The van der Waals surface area contributed by atoms with Crippen molar-refractivity contribution in [2.45, 2.75) is 31.8 Å². The first-order valence-electron chi connectivity index (χ1n) is 5.85. The number of nitrogens with one attached hydrogen (secondary N) is 1. The molecule has 0 bridgehead atoms. The maximum Gasteiger partial charge on any atom is 0.0619 e. The van der Waals surface area contributed by atoms with Crippen LogP contribution in [0.25, 0.3) is 0 Å². The Bertz CT molecular complexity index is 336. The van der Waals surface area contributed by atoms with Crippen molar-refractivity contribution in [1.82, 2.24) is 5.32 Å². The van der Waals surface area contributed by atoms with Crippen molar-refractivity contribution in [3.05, 3.63) is 34.3 Å². The smallest absolute Gasteiger partial charge is 0.0619 e. The first kappa shape index (κ1) is 12.1. The molecule has 1 aliphatic heterocycles. The molecule has 1 heterocycles. The number of hydrogen-bond donors (Lipinski definition) is 1. The second-order valence-corrected chi connectivity index (χ2v) is 5.18. The molecule has 0 aromatic heterocycles. The summed E-state index contributed by atoms with van der Waals surface area (Å²) in [6.45, 7) is 3.96. The normalized spacial score (nSPS) is 23.0. The Labute approximate surface area is 106 Å². The Morgan fingerprint density at radius 3 is 2.94 bits per heavy atom. The van der Waals surface area contributed by atoms with Crippen LogP contribution < -0.4 is 5.32 Å². The van der Waals surface area contributed by atoms with Crippen molar-refractivity contribution >= 4 is 15.9 Å². The van der Waals surface area contributed by atoms with Crippen molar-refractivity contribution in [3.8, 4) is 0 Å².